The summed E-state index contributed by atoms with van der Waals surface area (Å²) in [5.74, 6) is 0.583. The van der Waals surface area contributed by atoms with E-state index in [1.165, 1.54) is 0 Å². The summed E-state index contributed by atoms with van der Waals surface area (Å²) in [5.41, 5.74) is 3.95. The van der Waals surface area contributed by atoms with E-state index in [1.54, 1.807) is 12.3 Å². The van der Waals surface area contributed by atoms with Gasteiger partial charge in [-0.05, 0) is 49.4 Å². The average Bonchev–Trinajstić information content (AvgIpc) is 3.26. The summed E-state index contributed by atoms with van der Waals surface area (Å²) in [6.45, 7) is 2.25. The predicted molar refractivity (Wildman–Crippen MR) is 99.4 cm³/mol. The molecule has 6 heteroatoms. The number of H-pyrrole nitrogens is 1. The van der Waals surface area contributed by atoms with Crippen molar-refractivity contribution < 1.29 is 9.53 Å². The quantitative estimate of drug-likeness (QED) is 0.577. The van der Waals surface area contributed by atoms with Crippen LogP contribution in [0.25, 0.3) is 5.65 Å². The molecular weight excluding hydrogens is 328 g/mol. The number of carbonyl (C=O) groups excluding carboxylic acids is 1. The van der Waals surface area contributed by atoms with Crippen LogP contribution >= 0.6 is 0 Å². The zero-order valence-electron chi connectivity index (χ0n) is 14.3. The van der Waals surface area contributed by atoms with Gasteiger partial charge in [0.25, 0.3) is 5.91 Å². The predicted octanol–water partition coefficient (Wildman–Crippen LogP) is 3.80. The van der Waals surface area contributed by atoms with E-state index in [2.05, 4.69) is 15.3 Å². The van der Waals surface area contributed by atoms with Crippen molar-refractivity contribution in [2.24, 2.45) is 0 Å². The number of ether oxygens (including phenoxy) is 1. The number of aromatic amines is 1. The molecule has 0 bridgehead atoms. The fraction of sp³-hybridized carbons (Fsp3) is 0.100. The molecule has 0 unspecified atom stereocenters. The summed E-state index contributed by atoms with van der Waals surface area (Å²) < 4.78 is 7.74. The van der Waals surface area contributed by atoms with Crippen LogP contribution in [-0.2, 0) is 6.61 Å². The van der Waals surface area contributed by atoms with Crippen LogP contribution in [0, 0.1) is 6.92 Å². The number of aromatic nitrogens is 3. The van der Waals surface area contributed by atoms with Gasteiger partial charge in [0.15, 0.2) is 0 Å². The third-order valence-corrected chi connectivity index (χ3v) is 4.11. The van der Waals surface area contributed by atoms with Crippen LogP contribution in [0.1, 0.15) is 21.7 Å². The molecule has 0 spiro atoms. The highest BCUT2D eigenvalue weighted by Gasteiger charge is 2.10. The third kappa shape index (κ3) is 3.30. The minimum atomic E-state index is -0.137. The summed E-state index contributed by atoms with van der Waals surface area (Å²) in [7, 11) is 0. The standard InChI is InChI=1S/C20H18N4O2/c1-14-18(9-10-21-14)20(25)23-15-5-7-17(8-6-15)26-13-16-12-24-11-3-2-4-19(24)22-16/h2-12,21H,13H2,1H3,(H,23,25). The van der Waals surface area contributed by atoms with E-state index in [-0.39, 0.29) is 5.91 Å². The van der Waals surface area contributed by atoms with Gasteiger partial charge in [-0.3, -0.25) is 4.79 Å². The Labute approximate surface area is 150 Å². The number of benzene rings is 1. The molecule has 0 fully saturated rings. The lowest BCUT2D eigenvalue weighted by atomic mass is 10.2. The first-order chi connectivity index (χ1) is 12.7. The number of hydrogen-bond donors (Lipinski definition) is 2. The van der Waals surface area contributed by atoms with Crippen LogP contribution in [0.15, 0.2) is 67.1 Å². The average molecular weight is 346 g/mol. The van der Waals surface area contributed by atoms with Crippen molar-refractivity contribution in [3.05, 3.63) is 84.1 Å². The fourth-order valence-electron chi connectivity index (χ4n) is 2.75. The fourth-order valence-corrected chi connectivity index (χ4v) is 2.75. The summed E-state index contributed by atoms with van der Waals surface area (Å²) in [4.78, 5) is 19.7. The number of nitrogens with one attached hydrogen (secondary N) is 2. The largest absolute Gasteiger partial charge is 0.487 e. The molecule has 4 aromatic rings. The number of hydrogen-bond acceptors (Lipinski definition) is 3. The second-order valence-corrected chi connectivity index (χ2v) is 5.98. The number of rotatable bonds is 5. The van der Waals surface area contributed by atoms with Crippen LogP contribution in [-0.4, -0.2) is 20.3 Å². The maximum Gasteiger partial charge on any atom is 0.257 e. The maximum atomic E-state index is 12.2. The molecule has 0 saturated carbocycles. The number of amides is 1. The van der Waals surface area contributed by atoms with E-state index < -0.39 is 0 Å². The highest BCUT2D eigenvalue weighted by Crippen LogP contribution is 2.18. The Morgan fingerprint density at radius 1 is 1.19 bits per heavy atom. The molecule has 1 amide bonds. The molecule has 3 aromatic heterocycles. The Hall–Kier alpha value is -3.54. The molecular formula is C20H18N4O2. The molecule has 1 aromatic carbocycles. The zero-order valence-corrected chi connectivity index (χ0v) is 14.3. The topological polar surface area (TPSA) is 71.4 Å². The molecule has 0 aliphatic rings. The number of nitrogens with zero attached hydrogens (tertiary/aromatic N) is 2. The van der Waals surface area contributed by atoms with Gasteiger partial charge in [0.05, 0.1) is 11.3 Å². The Kier molecular flexibility index (Phi) is 4.15. The summed E-state index contributed by atoms with van der Waals surface area (Å²) in [5, 5.41) is 2.87. The van der Waals surface area contributed by atoms with Gasteiger partial charge in [0.1, 0.15) is 18.0 Å². The molecule has 0 atom stereocenters. The van der Waals surface area contributed by atoms with Crippen molar-refractivity contribution in [1.29, 1.82) is 0 Å². The molecule has 4 rings (SSSR count). The van der Waals surface area contributed by atoms with Gasteiger partial charge in [0, 0.05) is 30.0 Å². The third-order valence-electron chi connectivity index (χ3n) is 4.11. The number of fused-ring (bicyclic) bond motifs is 1. The molecule has 26 heavy (non-hydrogen) atoms. The van der Waals surface area contributed by atoms with E-state index in [0.29, 0.717) is 12.2 Å². The maximum absolute atomic E-state index is 12.2. The summed E-state index contributed by atoms with van der Waals surface area (Å²) >= 11 is 0. The molecule has 130 valence electrons. The number of anilines is 1. The van der Waals surface area contributed by atoms with Crippen molar-refractivity contribution >= 4 is 17.2 Å². The Balaban J connectivity index is 1.38. The van der Waals surface area contributed by atoms with E-state index in [1.807, 2.05) is 66.2 Å². The number of pyridine rings is 1. The molecule has 0 saturated heterocycles. The summed E-state index contributed by atoms with van der Waals surface area (Å²) in [6, 6.07) is 14.9. The molecule has 2 N–H and O–H groups in total. The van der Waals surface area contributed by atoms with Crippen molar-refractivity contribution in [1.82, 2.24) is 14.4 Å². The van der Waals surface area contributed by atoms with Gasteiger partial charge < -0.3 is 19.4 Å². The van der Waals surface area contributed by atoms with Crippen LogP contribution in [0.4, 0.5) is 5.69 Å². The van der Waals surface area contributed by atoms with Crippen LogP contribution in [0.5, 0.6) is 5.75 Å². The van der Waals surface area contributed by atoms with Crippen molar-refractivity contribution in [3.63, 3.8) is 0 Å². The Bertz CT molecular complexity index is 1010. The molecule has 0 aliphatic heterocycles. The Morgan fingerprint density at radius 3 is 2.77 bits per heavy atom. The van der Waals surface area contributed by atoms with E-state index >= 15 is 0 Å². The van der Waals surface area contributed by atoms with E-state index in [4.69, 9.17) is 4.74 Å². The second kappa shape index (κ2) is 6.76. The van der Waals surface area contributed by atoms with E-state index in [0.717, 1.165) is 28.5 Å². The first-order valence-electron chi connectivity index (χ1n) is 8.30. The molecule has 0 aliphatic carbocycles. The van der Waals surface area contributed by atoms with Crippen molar-refractivity contribution in [2.45, 2.75) is 13.5 Å². The minimum Gasteiger partial charge on any atom is -0.487 e. The molecule has 3 heterocycles. The van der Waals surface area contributed by atoms with Gasteiger partial charge in [-0.15, -0.1) is 0 Å². The highest BCUT2D eigenvalue weighted by molar-refractivity contribution is 6.05. The minimum absolute atomic E-state index is 0.137. The number of imidazole rings is 1. The van der Waals surface area contributed by atoms with Gasteiger partial charge in [-0.2, -0.15) is 0 Å². The van der Waals surface area contributed by atoms with Crippen LogP contribution in [0.3, 0.4) is 0 Å². The smallest absolute Gasteiger partial charge is 0.257 e. The monoisotopic (exact) mass is 346 g/mol. The second-order valence-electron chi connectivity index (χ2n) is 5.98. The normalized spacial score (nSPS) is 10.8. The number of carbonyl (C=O) groups is 1. The van der Waals surface area contributed by atoms with Gasteiger partial charge in [-0.25, -0.2) is 4.98 Å². The van der Waals surface area contributed by atoms with Crippen molar-refractivity contribution in [2.75, 3.05) is 5.32 Å². The lowest BCUT2D eigenvalue weighted by Gasteiger charge is -2.07. The first-order valence-corrected chi connectivity index (χ1v) is 8.30. The van der Waals surface area contributed by atoms with Gasteiger partial charge in [-0.1, -0.05) is 6.07 Å². The van der Waals surface area contributed by atoms with Gasteiger partial charge in [0.2, 0.25) is 0 Å². The van der Waals surface area contributed by atoms with E-state index in [9.17, 15) is 4.79 Å². The van der Waals surface area contributed by atoms with Crippen molar-refractivity contribution in [3.8, 4) is 5.75 Å². The lowest BCUT2D eigenvalue weighted by Crippen LogP contribution is -2.12. The van der Waals surface area contributed by atoms with Crippen LogP contribution < -0.4 is 10.1 Å². The summed E-state index contributed by atoms with van der Waals surface area (Å²) in [6.07, 6.45) is 5.65. The van der Waals surface area contributed by atoms with Gasteiger partial charge >= 0.3 is 0 Å². The Morgan fingerprint density at radius 2 is 2.04 bits per heavy atom. The highest BCUT2D eigenvalue weighted by atomic mass is 16.5. The van der Waals surface area contributed by atoms with Crippen LogP contribution in [0.2, 0.25) is 0 Å². The zero-order chi connectivity index (χ0) is 17.9. The SMILES string of the molecule is Cc1[nH]ccc1C(=O)Nc1ccc(OCc2cn3ccccc3n2)cc1. The first kappa shape index (κ1) is 16.0. The molecule has 6 nitrogen and oxygen atoms in total. The molecule has 0 radical (unpaired) electrons. The number of aryl methyl sites for hydroxylation is 1. The lowest BCUT2D eigenvalue weighted by molar-refractivity contribution is 0.102.